The van der Waals surface area contributed by atoms with E-state index < -0.39 is 14.1 Å². The van der Waals surface area contributed by atoms with Gasteiger partial charge >= 0.3 is 5.97 Å². The summed E-state index contributed by atoms with van der Waals surface area (Å²) in [5, 5.41) is 8.62. The second kappa shape index (κ2) is 4.24. The molecule has 0 aromatic heterocycles. The normalized spacial score (nSPS) is 10.1. The summed E-state index contributed by atoms with van der Waals surface area (Å²) in [6, 6.07) is 6.42. The molecule has 0 aliphatic heterocycles. The van der Waals surface area contributed by atoms with E-state index in [1.807, 2.05) is 13.3 Å². The monoisotopic (exact) mass is 198 g/mol. The minimum absolute atomic E-state index is 0.281. The summed E-state index contributed by atoms with van der Waals surface area (Å²) in [7, 11) is -0.449. The van der Waals surface area contributed by atoms with Gasteiger partial charge in [0.25, 0.3) is 0 Å². The Labute approximate surface area is 78.2 Å². The molecule has 0 unspecified atom stereocenters. The largest absolute Gasteiger partial charge is 0.478 e. The molecule has 0 spiro atoms. The molecule has 1 N–H and O–H groups in total. The molecule has 4 heteroatoms. The van der Waals surface area contributed by atoms with Crippen molar-refractivity contribution in [3.8, 4) is 5.75 Å². The van der Waals surface area contributed by atoms with Crippen LogP contribution >= 0.6 is 8.15 Å². The molecule has 0 saturated carbocycles. The number of benzene rings is 1. The molecule has 0 aliphatic carbocycles. The zero-order chi connectivity index (χ0) is 9.84. The summed E-state index contributed by atoms with van der Waals surface area (Å²) in [4.78, 5) is 10.5. The van der Waals surface area contributed by atoms with Gasteiger partial charge in [-0.2, -0.15) is 0 Å². The molecule has 0 heterocycles. The Morgan fingerprint density at radius 2 is 1.85 bits per heavy atom. The quantitative estimate of drug-likeness (QED) is 0.758. The fourth-order valence-corrected chi connectivity index (χ4v) is 1.41. The third-order valence-electron chi connectivity index (χ3n) is 1.39. The zero-order valence-electron chi connectivity index (χ0n) is 7.52. The van der Waals surface area contributed by atoms with Gasteiger partial charge in [0.05, 0.1) is 13.7 Å². The van der Waals surface area contributed by atoms with Crippen molar-refractivity contribution >= 4 is 14.1 Å². The molecule has 0 amide bonds. The number of hydrogen-bond donors (Lipinski definition) is 1. The van der Waals surface area contributed by atoms with E-state index in [2.05, 4.69) is 0 Å². The van der Waals surface area contributed by atoms with E-state index in [9.17, 15) is 4.79 Å². The van der Waals surface area contributed by atoms with Crippen LogP contribution in [-0.4, -0.2) is 24.4 Å². The van der Waals surface area contributed by atoms with Gasteiger partial charge < -0.3 is 9.63 Å². The van der Waals surface area contributed by atoms with Gasteiger partial charge in [0, 0.05) is 0 Å². The van der Waals surface area contributed by atoms with E-state index in [0.29, 0.717) is 0 Å². The Kier molecular flexibility index (Phi) is 3.26. The molecule has 0 saturated heterocycles. The van der Waals surface area contributed by atoms with Crippen molar-refractivity contribution in [2.24, 2.45) is 0 Å². The first-order valence-corrected chi connectivity index (χ1v) is 5.93. The van der Waals surface area contributed by atoms with Crippen LogP contribution in [-0.2, 0) is 0 Å². The molecule has 0 aliphatic rings. The summed E-state index contributed by atoms with van der Waals surface area (Å²) in [5.41, 5.74) is 0.281. The van der Waals surface area contributed by atoms with Crippen molar-refractivity contribution in [2.75, 3.05) is 13.3 Å². The van der Waals surface area contributed by atoms with Crippen molar-refractivity contribution in [1.29, 1.82) is 0 Å². The molecular formula is C9H11O3P. The van der Waals surface area contributed by atoms with E-state index in [0.717, 1.165) is 5.75 Å². The van der Waals surface area contributed by atoms with Crippen molar-refractivity contribution < 1.29 is 14.4 Å². The molecular weight excluding hydrogens is 187 g/mol. The molecule has 1 rings (SSSR count). The fourth-order valence-electron chi connectivity index (χ4n) is 0.869. The van der Waals surface area contributed by atoms with Crippen LogP contribution in [0.1, 0.15) is 10.4 Å². The van der Waals surface area contributed by atoms with Gasteiger partial charge in [-0.3, -0.25) is 0 Å². The highest BCUT2D eigenvalue weighted by Gasteiger charge is 2.02. The van der Waals surface area contributed by atoms with Crippen LogP contribution in [0.2, 0.25) is 0 Å². The lowest BCUT2D eigenvalue weighted by atomic mass is 10.2. The van der Waals surface area contributed by atoms with Gasteiger partial charge in [0.1, 0.15) is 5.75 Å². The van der Waals surface area contributed by atoms with E-state index in [4.69, 9.17) is 9.63 Å². The highest BCUT2D eigenvalue weighted by Crippen LogP contribution is 2.29. The second-order valence-electron chi connectivity index (χ2n) is 2.73. The maximum absolute atomic E-state index is 10.5. The van der Waals surface area contributed by atoms with Crippen LogP contribution < -0.4 is 4.52 Å². The Balaban J connectivity index is 2.75. The number of hydrogen-bond acceptors (Lipinski definition) is 2. The maximum Gasteiger partial charge on any atom is 0.335 e. The molecule has 0 atom stereocenters. The number of carboxylic acid groups (broad SMARTS) is 1. The molecule has 13 heavy (non-hydrogen) atoms. The topological polar surface area (TPSA) is 46.5 Å². The Hall–Kier alpha value is -1.08. The van der Waals surface area contributed by atoms with Gasteiger partial charge in [0.15, 0.2) is 0 Å². The third kappa shape index (κ3) is 3.03. The lowest BCUT2D eigenvalue weighted by Gasteiger charge is -2.08. The summed E-state index contributed by atoms with van der Waals surface area (Å²) in [6.07, 6.45) is 0. The van der Waals surface area contributed by atoms with Crippen LogP contribution in [0, 0.1) is 0 Å². The van der Waals surface area contributed by atoms with Crippen LogP contribution in [0.3, 0.4) is 0 Å². The van der Waals surface area contributed by atoms with Crippen molar-refractivity contribution in [2.45, 2.75) is 0 Å². The van der Waals surface area contributed by atoms with Crippen LogP contribution in [0.4, 0.5) is 0 Å². The fraction of sp³-hybridized carbons (Fsp3) is 0.222. The van der Waals surface area contributed by atoms with Crippen LogP contribution in [0.15, 0.2) is 24.3 Å². The summed E-state index contributed by atoms with van der Waals surface area (Å²) < 4.78 is 5.42. The third-order valence-corrected chi connectivity index (χ3v) is 1.97. The van der Waals surface area contributed by atoms with Crippen molar-refractivity contribution in [3.05, 3.63) is 29.8 Å². The van der Waals surface area contributed by atoms with E-state index in [1.165, 1.54) is 12.1 Å². The average Bonchev–Trinajstić information content (AvgIpc) is 2.04. The molecule has 0 bridgehead atoms. The molecule has 1 aromatic rings. The molecule has 0 radical (unpaired) electrons. The molecule has 70 valence electrons. The summed E-state index contributed by atoms with van der Waals surface area (Å²) >= 11 is 0. The second-order valence-corrected chi connectivity index (χ2v) is 4.54. The Morgan fingerprint density at radius 3 is 2.23 bits per heavy atom. The zero-order valence-corrected chi connectivity index (χ0v) is 8.41. The standard InChI is InChI=1S/C9H11O3P/c1-13(2)12-8-5-3-7(4-6-8)9(10)11/h3-6H,1-2H3,(H,10,11). The molecule has 0 fully saturated rings. The first kappa shape index (κ1) is 10.0. The van der Waals surface area contributed by atoms with Crippen LogP contribution in [0.25, 0.3) is 0 Å². The Bertz CT molecular complexity index is 292. The Morgan fingerprint density at radius 1 is 1.31 bits per heavy atom. The van der Waals surface area contributed by atoms with Crippen molar-refractivity contribution in [1.82, 2.24) is 0 Å². The van der Waals surface area contributed by atoms with E-state index in [1.54, 1.807) is 12.1 Å². The smallest absolute Gasteiger partial charge is 0.335 e. The first-order chi connectivity index (χ1) is 6.09. The predicted molar refractivity (Wildman–Crippen MR) is 52.8 cm³/mol. The first-order valence-electron chi connectivity index (χ1n) is 3.78. The van der Waals surface area contributed by atoms with Crippen LogP contribution in [0.5, 0.6) is 5.75 Å². The van der Waals surface area contributed by atoms with Gasteiger partial charge in [0.2, 0.25) is 0 Å². The average molecular weight is 198 g/mol. The summed E-state index contributed by atoms with van der Waals surface area (Å²) in [5.74, 6) is -0.192. The maximum atomic E-state index is 10.5. The van der Waals surface area contributed by atoms with Crippen molar-refractivity contribution in [3.63, 3.8) is 0 Å². The highest BCUT2D eigenvalue weighted by molar-refractivity contribution is 7.51. The molecule has 1 aromatic carbocycles. The molecule has 3 nitrogen and oxygen atoms in total. The van der Waals surface area contributed by atoms with Gasteiger partial charge in [-0.15, -0.1) is 0 Å². The number of rotatable bonds is 3. The van der Waals surface area contributed by atoms with Gasteiger partial charge in [-0.05, 0) is 37.6 Å². The highest BCUT2D eigenvalue weighted by atomic mass is 31.1. The van der Waals surface area contributed by atoms with Gasteiger partial charge in [-0.25, -0.2) is 4.79 Å². The lowest BCUT2D eigenvalue weighted by Crippen LogP contribution is -1.95. The number of carbonyl (C=O) groups is 1. The summed E-state index contributed by atoms with van der Waals surface area (Å²) in [6.45, 7) is 3.97. The lowest BCUT2D eigenvalue weighted by molar-refractivity contribution is 0.0697. The SMILES string of the molecule is CP(C)Oc1ccc(C(=O)O)cc1. The number of aromatic carboxylic acids is 1. The number of carboxylic acids is 1. The minimum Gasteiger partial charge on any atom is -0.478 e. The van der Waals surface area contributed by atoms with Gasteiger partial charge in [-0.1, -0.05) is 0 Å². The minimum atomic E-state index is -0.915. The van der Waals surface area contributed by atoms with E-state index in [-0.39, 0.29) is 5.56 Å². The predicted octanol–water partition coefficient (Wildman–Crippen LogP) is 2.42. The van der Waals surface area contributed by atoms with E-state index >= 15 is 0 Å².